The van der Waals surface area contributed by atoms with Crippen molar-refractivity contribution < 1.29 is 9.18 Å². The van der Waals surface area contributed by atoms with Gasteiger partial charge in [0.15, 0.2) is 0 Å². The Morgan fingerprint density at radius 3 is 2.63 bits per heavy atom. The highest BCUT2D eigenvalue weighted by atomic mass is 19.1. The second-order valence-corrected chi connectivity index (χ2v) is 5.13. The van der Waals surface area contributed by atoms with Gasteiger partial charge >= 0.3 is 0 Å². The molecule has 3 rings (SSSR count). The summed E-state index contributed by atoms with van der Waals surface area (Å²) in [5.41, 5.74) is 0.549. The SMILES string of the molecule is O=C(NCCC1CC1)c1ccc(F)c2ccccc12. The van der Waals surface area contributed by atoms with E-state index < -0.39 is 0 Å². The second kappa shape index (κ2) is 5.00. The quantitative estimate of drug-likeness (QED) is 0.892. The van der Waals surface area contributed by atoms with Crippen LogP contribution in [0.1, 0.15) is 29.6 Å². The summed E-state index contributed by atoms with van der Waals surface area (Å²) < 4.78 is 13.7. The van der Waals surface area contributed by atoms with E-state index in [1.807, 2.05) is 6.07 Å². The molecule has 0 radical (unpaired) electrons. The van der Waals surface area contributed by atoms with Crippen LogP contribution in [-0.4, -0.2) is 12.5 Å². The van der Waals surface area contributed by atoms with Gasteiger partial charge in [0.05, 0.1) is 0 Å². The van der Waals surface area contributed by atoms with Crippen LogP contribution in [-0.2, 0) is 0 Å². The number of halogens is 1. The standard InChI is InChI=1S/C16H16FNO/c17-15-8-7-14(12-3-1-2-4-13(12)15)16(19)18-10-9-11-5-6-11/h1-4,7-8,11H,5-6,9-10H2,(H,18,19). The molecule has 0 saturated heterocycles. The van der Waals surface area contributed by atoms with E-state index >= 15 is 0 Å². The summed E-state index contributed by atoms with van der Waals surface area (Å²) in [6, 6.07) is 10.0. The van der Waals surface area contributed by atoms with E-state index in [4.69, 9.17) is 0 Å². The maximum Gasteiger partial charge on any atom is 0.251 e. The predicted octanol–water partition coefficient (Wildman–Crippen LogP) is 3.51. The summed E-state index contributed by atoms with van der Waals surface area (Å²) in [5, 5.41) is 4.09. The molecule has 19 heavy (non-hydrogen) atoms. The van der Waals surface area contributed by atoms with E-state index in [2.05, 4.69) is 5.32 Å². The Labute approximate surface area is 111 Å². The fourth-order valence-corrected chi connectivity index (χ4v) is 2.35. The normalized spacial score (nSPS) is 14.6. The lowest BCUT2D eigenvalue weighted by atomic mass is 10.0. The maximum atomic E-state index is 13.7. The number of nitrogens with one attached hydrogen (secondary N) is 1. The Hall–Kier alpha value is -1.90. The molecular weight excluding hydrogens is 241 g/mol. The van der Waals surface area contributed by atoms with E-state index in [0.29, 0.717) is 22.9 Å². The lowest BCUT2D eigenvalue weighted by molar-refractivity contribution is 0.0954. The van der Waals surface area contributed by atoms with Gasteiger partial charge in [0, 0.05) is 17.5 Å². The minimum Gasteiger partial charge on any atom is -0.352 e. The van der Waals surface area contributed by atoms with Crippen molar-refractivity contribution >= 4 is 16.7 Å². The first-order chi connectivity index (χ1) is 9.25. The van der Waals surface area contributed by atoms with Crippen LogP contribution in [0.15, 0.2) is 36.4 Å². The van der Waals surface area contributed by atoms with Crippen molar-refractivity contribution in [1.82, 2.24) is 5.32 Å². The molecule has 0 spiro atoms. The van der Waals surface area contributed by atoms with Gasteiger partial charge < -0.3 is 5.32 Å². The Kier molecular flexibility index (Phi) is 3.20. The highest BCUT2D eigenvalue weighted by molar-refractivity contribution is 6.07. The average Bonchev–Trinajstić information content (AvgIpc) is 3.23. The topological polar surface area (TPSA) is 29.1 Å². The molecule has 1 N–H and O–H groups in total. The molecule has 1 saturated carbocycles. The molecule has 1 fully saturated rings. The number of amides is 1. The summed E-state index contributed by atoms with van der Waals surface area (Å²) in [7, 11) is 0. The first kappa shape index (κ1) is 12.2. The van der Waals surface area contributed by atoms with Crippen LogP contribution in [0.3, 0.4) is 0 Å². The molecule has 0 heterocycles. The zero-order valence-corrected chi connectivity index (χ0v) is 10.7. The lowest BCUT2D eigenvalue weighted by Gasteiger charge is -2.08. The van der Waals surface area contributed by atoms with E-state index in [1.165, 1.54) is 18.9 Å². The van der Waals surface area contributed by atoms with Crippen LogP contribution in [0.25, 0.3) is 10.8 Å². The van der Waals surface area contributed by atoms with Crippen LogP contribution in [0, 0.1) is 11.7 Å². The van der Waals surface area contributed by atoms with Crippen molar-refractivity contribution in [2.24, 2.45) is 5.92 Å². The fourth-order valence-electron chi connectivity index (χ4n) is 2.35. The van der Waals surface area contributed by atoms with E-state index in [1.54, 1.807) is 24.3 Å². The highest BCUT2D eigenvalue weighted by Gasteiger charge is 2.21. The molecule has 3 heteroatoms. The van der Waals surface area contributed by atoms with Crippen molar-refractivity contribution in [3.8, 4) is 0 Å². The Morgan fingerprint density at radius 1 is 1.16 bits per heavy atom. The molecule has 0 atom stereocenters. The third-order valence-corrected chi connectivity index (χ3v) is 3.65. The van der Waals surface area contributed by atoms with E-state index in [9.17, 15) is 9.18 Å². The van der Waals surface area contributed by atoms with E-state index in [0.717, 1.165) is 12.3 Å². The van der Waals surface area contributed by atoms with Gasteiger partial charge in [-0.05, 0) is 29.9 Å². The summed E-state index contributed by atoms with van der Waals surface area (Å²) >= 11 is 0. The van der Waals surface area contributed by atoms with Gasteiger partial charge in [-0.25, -0.2) is 4.39 Å². The van der Waals surface area contributed by atoms with Crippen molar-refractivity contribution in [1.29, 1.82) is 0 Å². The van der Waals surface area contributed by atoms with Gasteiger partial charge in [-0.3, -0.25) is 4.79 Å². The number of rotatable bonds is 4. The van der Waals surface area contributed by atoms with Gasteiger partial charge in [0.1, 0.15) is 5.82 Å². The van der Waals surface area contributed by atoms with Crippen molar-refractivity contribution in [3.05, 3.63) is 47.8 Å². The van der Waals surface area contributed by atoms with Crippen LogP contribution >= 0.6 is 0 Å². The van der Waals surface area contributed by atoms with Gasteiger partial charge in [-0.15, -0.1) is 0 Å². The largest absolute Gasteiger partial charge is 0.352 e. The van der Waals surface area contributed by atoms with Gasteiger partial charge in [0.2, 0.25) is 0 Å². The summed E-state index contributed by atoms with van der Waals surface area (Å²) in [4.78, 5) is 12.1. The Bertz CT molecular complexity index is 619. The fraction of sp³-hybridized carbons (Fsp3) is 0.312. The molecule has 1 amide bonds. The maximum absolute atomic E-state index is 13.7. The monoisotopic (exact) mass is 257 g/mol. The molecule has 2 nitrogen and oxygen atoms in total. The number of benzene rings is 2. The first-order valence-electron chi connectivity index (χ1n) is 6.71. The van der Waals surface area contributed by atoms with Crippen molar-refractivity contribution in [2.75, 3.05) is 6.54 Å². The molecule has 2 aromatic rings. The summed E-state index contributed by atoms with van der Waals surface area (Å²) in [5.74, 6) is 0.396. The lowest BCUT2D eigenvalue weighted by Crippen LogP contribution is -2.25. The zero-order valence-electron chi connectivity index (χ0n) is 10.7. The minimum absolute atomic E-state index is 0.114. The summed E-state index contributed by atoms with van der Waals surface area (Å²) in [6.45, 7) is 0.704. The molecule has 98 valence electrons. The molecule has 2 aromatic carbocycles. The smallest absolute Gasteiger partial charge is 0.251 e. The van der Waals surface area contributed by atoms with Gasteiger partial charge in [-0.2, -0.15) is 0 Å². The third-order valence-electron chi connectivity index (χ3n) is 3.65. The number of carbonyl (C=O) groups is 1. The highest BCUT2D eigenvalue weighted by Crippen LogP contribution is 2.31. The minimum atomic E-state index is -0.287. The molecule has 0 aliphatic heterocycles. The number of hydrogen-bond acceptors (Lipinski definition) is 1. The average molecular weight is 257 g/mol. The van der Waals surface area contributed by atoms with Crippen LogP contribution in [0.2, 0.25) is 0 Å². The first-order valence-corrected chi connectivity index (χ1v) is 6.71. The van der Waals surface area contributed by atoms with Crippen LogP contribution in [0.4, 0.5) is 4.39 Å². The van der Waals surface area contributed by atoms with Gasteiger partial charge in [0.25, 0.3) is 5.91 Å². The molecular formula is C16H16FNO. The number of hydrogen-bond donors (Lipinski definition) is 1. The van der Waals surface area contributed by atoms with Crippen LogP contribution < -0.4 is 5.32 Å². The summed E-state index contributed by atoms with van der Waals surface area (Å²) in [6.07, 6.45) is 3.62. The van der Waals surface area contributed by atoms with Gasteiger partial charge in [-0.1, -0.05) is 37.1 Å². The molecule has 0 aromatic heterocycles. The molecule has 1 aliphatic carbocycles. The zero-order chi connectivity index (χ0) is 13.2. The second-order valence-electron chi connectivity index (χ2n) is 5.13. The van der Waals surface area contributed by atoms with Crippen LogP contribution in [0.5, 0.6) is 0 Å². The number of carbonyl (C=O) groups excluding carboxylic acids is 1. The molecule has 0 unspecified atom stereocenters. The molecule has 0 bridgehead atoms. The van der Waals surface area contributed by atoms with Crippen molar-refractivity contribution in [2.45, 2.75) is 19.3 Å². The Morgan fingerprint density at radius 2 is 1.89 bits per heavy atom. The third kappa shape index (κ3) is 2.60. The number of fused-ring (bicyclic) bond motifs is 1. The van der Waals surface area contributed by atoms with E-state index in [-0.39, 0.29) is 11.7 Å². The molecule has 1 aliphatic rings. The predicted molar refractivity (Wildman–Crippen MR) is 73.6 cm³/mol. The Balaban J connectivity index is 1.82. The van der Waals surface area contributed by atoms with Crippen molar-refractivity contribution in [3.63, 3.8) is 0 Å².